The molecule has 0 aliphatic carbocycles. The first-order valence-electron chi connectivity index (χ1n) is 13.7. The Balaban J connectivity index is 1.83. The Morgan fingerprint density at radius 1 is 0.905 bits per heavy atom. The van der Waals surface area contributed by atoms with Crippen LogP contribution in [-0.2, 0) is 9.84 Å². The summed E-state index contributed by atoms with van der Waals surface area (Å²) in [6.45, 7) is 7.64. The van der Waals surface area contributed by atoms with Crippen molar-refractivity contribution in [3.05, 3.63) is 60.2 Å². The molecule has 3 atom stereocenters. The predicted octanol–water partition coefficient (Wildman–Crippen LogP) is 3.76. The van der Waals surface area contributed by atoms with Crippen LogP contribution in [-0.4, -0.2) is 83.9 Å². The van der Waals surface area contributed by atoms with Gasteiger partial charge in [-0.3, -0.25) is 4.90 Å². The number of anilines is 4. The molecule has 3 aromatic rings. The third kappa shape index (κ3) is 9.74. The van der Waals surface area contributed by atoms with Crippen LogP contribution in [0.1, 0.15) is 26.3 Å². The van der Waals surface area contributed by atoms with Gasteiger partial charge in [-0.15, -0.1) is 5.11 Å². The third-order valence-corrected chi connectivity index (χ3v) is 7.96. The van der Waals surface area contributed by atoms with E-state index in [9.17, 15) is 23.7 Å². The van der Waals surface area contributed by atoms with E-state index < -0.39 is 28.1 Å². The van der Waals surface area contributed by atoms with Crippen molar-refractivity contribution in [1.82, 2.24) is 9.88 Å². The summed E-state index contributed by atoms with van der Waals surface area (Å²) in [6, 6.07) is 15.5. The van der Waals surface area contributed by atoms with E-state index in [4.69, 9.17) is 5.73 Å². The molecule has 1 heterocycles. The first-order chi connectivity index (χ1) is 19.9. The molecule has 42 heavy (non-hydrogen) atoms. The highest BCUT2D eigenvalue weighted by atomic mass is 32.2. The summed E-state index contributed by atoms with van der Waals surface area (Å²) in [4.78, 5) is 6.47. The van der Waals surface area contributed by atoms with Gasteiger partial charge in [-0.05, 0) is 64.1 Å². The van der Waals surface area contributed by atoms with Crippen LogP contribution < -0.4 is 16.4 Å². The molecule has 0 fully saturated rings. The number of hydrogen-bond donors (Lipinski definition) is 6. The lowest BCUT2D eigenvalue weighted by atomic mass is 10.2. The van der Waals surface area contributed by atoms with Crippen molar-refractivity contribution in [2.45, 2.75) is 50.9 Å². The van der Waals surface area contributed by atoms with Crippen molar-refractivity contribution in [1.29, 1.82) is 0 Å². The van der Waals surface area contributed by atoms with Gasteiger partial charge in [0.15, 0.2) is 21.5 Å². The molecule has 12 nitrogen and oxygen atoms in total. The number of pyridine rings is 1. The number of nitrogens with two attached hydrogens (primary N) is 1. The minimum atomic E-state index is -3.62. The van der Waals surface area contributed by atoms with Crippen LogP contribution in [0.15, 0.2) is 69.7 Å². The van der Waals surface area contributed by atoms with Crippen LogP contribution in [0.3, 0.4) is 0 Å². The molecular weight excluding hydrogens is 558 g/mol. The fourth-order valence-electron chi connectivity index (χ4n) is 4.15. The zero-order chi connectivity index (χ0) is 30.9. The van der Waals surface area contributed by atoms with Crippen LogP contribution in [0.2, 0.25) is 0 Å². The van der Waals surface area contributed by atoms with E-state index in [0.29, 0.717) is 34.3 Å². The molecule has 3 unspecified atom stereocenters. The molecule has 0 aliphatic heterocycles. The second kappa shape index (κ2) is 15.0. The molecule has 13 heteroatoms. The molecule has 1 aromatic heterocycles. The van der Waals surface area contributed by atoms with Crippen molar-refractivity contribution < 1.29 is 23.7 Å². The maximum absolute atomic E-state index is 13.0. The van der Waals surface area contributed by atoms with Crippen molar-refractivity contribution in [3.63, 3.8) is 0 Å². The Kier molecular flexibility index (Phi) is 11.8. The van der Waals surface area contributed by atoms with Gasteiger partial charge >= 0.3 is 0 Å². The van der Waals surface area contributed by atoms with Crippen LogP contribution in [0.25, 0.3) is 0 Å². The Morgan fingerprint density at radius 3 is 2.10 bits per heavy atom. The topological polar surface area (TPSA) is 186 Å². The average Bonchev–Trinajstić information content (AvgIpc) is 2.93. The molecular formula is C29H41N7O5S. The van der Waals surface area contributed by atoms with Crippen LogP contribution >= 0.6 is 0 Å². The number of hydrogen-bond acceptors (Lipinski definition) is 12. The summed E-state index contributed by atoms with van der Waals surface area (Å²) in [7, 11) is -3.62. The normalized spacial score (nSPS) is 14.2. The lowest BCUT2D eigenvalue weighted by molar-refractivity contribution is 0.0873. The summed E-state index contributed by atoms with van der Waals surface area (Å²) in [6.07, 6.45) is -1.90. The first-order valence-corrected chi connectivity index (χ1v) is 15.4. The molecule has 0 saturated heterocycles. The summed E-state index contributed by atoms with van der Waals surface area (Å²) in [5.74, 6) is 0.644. The fourth-order valence-corrected chi connectivity index (χ4v) is 5.44. The second-order valence-corrected chi connectivity index (χ2v) is 12.5. The zero-order valence-corrected chi connectivity index (χ0v) is 25.2. The minimum absolute atomic E-state index is 0.137. The number of azo groups is 1. The number of benzene rings is 2. The molecule has 228 valence electrons. The lowest BCUT2D eigenvalue weighted by Gasteiger charge is -2.24. The van der Waals surface area contributed by atoms with Gasteiger partial charge in [0.2, 0.25) is 0 Å². The Bertz CT molecular complexity index is 1420. The lowest BCUT2D eigenvalue weighted by Crippen LogP contribution is -2.39. The molecule has 0 saturated carbocycles. The highest BCUT2D eigenvalue weighted by molar-refractivity contribution is 7.91. The number of nitrogen functional groups attached to an aromatic ring is 1. The standard InChI is InChI=1S/C29H41N7O5S/c1-19(37)16-31-28-26(30)22(4)27(29(33-28)32-23-8-6-5-7-9-23)35-34-24-10-12-25(13-11-24)42(40,41)15-14-36(17-20(2)38)18-21(3)39/h5-13,19-21,37-39H,14-18,30H2,1-4H3,(H2,31,32,33)/b35-34+. The summed E-state index contributed by atoms with van der Waals surface area (Å²) in [5.41, 5.74) is 8.94. The van der Waals surface area contributed by atoms with Crippen molar-refractivity contribution in [2.24, 2.45) is 10.2 Å². The zero-order valence-electron chi connectivity index (χ0n) is 24.4. The van der Waals surface area contributed by atoms with Gasteiger partial charge in [-0.1, -0.05) is 18.2 Å². The first kappa shape index (κ1) is 32.9. The van der Waals surface area contributed by atoms with E-state index >= 15 is 0 Å². The largest absolute Gasteiger partial charge is 0.395 e. The highest BCUT2D eigenvalue weighted by Crippen LogP contribution is 2.38. The van der Waals surface area contributed by atoms with Crippen molar-refractivity contribution in [2.75, 3.05) is 48.3 Å². The smallest absolute Gasteiger partial charge is 0.179 e. The number of aliphatic hydroxyl groups excluding tert-OH is 3. The third-order valence-electron chi connectivity index (χ3n) is 6.25. The van der Waals surface area contributed by atoms with Gasteiger partial charge in [0.1, 0.15) is 5.69 Å². The average molecular weight is 600 g/mol. The number of aromatic nitrogens is 1. The molecule has 7 N–H and O–H groups in total. The Morgan fingerprint density at radius 2 is 1.52 bits per heavy atom. The Labute approximate surface area is 247 Å². The summed E-state index contributed by atoms with van der Waals surface area (Å²) < 4.78 is 25.9. The van der Waals surface area contributed by atoms with E-state index in [2.05, 4.69) is 25.8 Å². The Hall–Kier alpha value is -3.62. The van der Waals surface area contributed by atoms with Gasteiger partial charge in [-0.25, -0.2) is 13.4 Å². The van der Waals surface area contributed by atoms with Crippen molar-refractivity contribution in [3.8, 4) is 0 Å². The van der Waals surface area contributed by atoms with Crippen LogP contribution in [0.4, 0.5) is 34.4 Å². The predicted molar refractivity (Wildman–Crippen MR) is 166 cm³/mol. The fraction of sp³-hybridized carbons (Fsp3) is 0.414. The number of aliphatic hydroxyl groups is 3. The molecule has 2 aromatic carbocycles. The maximum atomic E-state index is 13.0. The molecule has 0 aliphatic rings. The number of sulfone groups is 1. The SMILES string of the molecule is Cc1c(N)c(NCC(C)O)nc(Nc2ccccc2)c1/N=N/c1ccc(S(=O)(=O)CCN(CC(C)O)CC(C)O)cc1. The van der Waals surface area contributed by atoms with Crippen LogP contribution in [0, 0.1) is 6.92 Å². The van der Waals surface area contributed by atoms with E-state index in [0.717, 1.165) is 5.69 Å². The number of rotatable bonds is 15. The van der Waals surface area contributed by atoms with E-state index in [1.54, 1.807) is 44.7 Å². The number of para-hydroxylation sites is 1. The van der Waals surface area contributed by atoms with Gasteiger partial charge in [0, 0.05) is 37.4 Å². The molecule has 0 spiro atoms. The molecule has 0 amide bonds. The summed E-state index contributed by atoms with van der Waals surface area (Å²) in [5, 5.41) is 44.1. The molecule has 0 radical (unpaired) electrons. The number of nitrogens with zero attached hydrogens (tertiary/aromatic N) is 4. The second-order valence-electron chi connectivity index (χ2n) is 10.4. The quantitative estimate of drug-likeness (QED) is 0.141. The summed E-state index contributed by atoms with van der Waals surface area (Å²) >= 11 is 0. The van der Waals surface area contributed by atoms with E-state index in [1.165, 1.54) is 12.1 Å². The van der Waals surface area contributed by atoms with E-state index in [1.807, 2.05) is 30.3 Å². The number of nitrogens with one attached hydrogen (secondary N) is 2. The van der Waals surface area contributed by atoms with Gasteiger partial charge in [-0.2, -0.15) is 5.11 Å². The van der Waals surface area contributed by atoms with E-state index in [-0.39, 0.29) is 36.8 Å². The van der Waals surface area contributed by atoms with Gasteiger partial charge in [0.25, 0.3) is 0 Å². The minimum Gasteiger partial charge on any atom is -0.395 e. The monoisotopic (exact) mass is 599 g/mol. The molecule has 0 bridgehead atoms. The highest BCUT2D eigenvalue weighted by Gasteiger charge is 2.19. The van der Waals surface area contributed by atoms with Crippen molar-refractivity contribution >= 4 is 44.2 Å². The van der Waals surface area contributed by atoms with Gasteiger partial charge in [0.05, 0.1) is 40.3 Å². The maximum Gasteiger partial charge on any atom is 0.179 e. The molecule has 3 rings (SSSR count). The van der Waals surface area contributed by atoms with Gasteiger partial charge < -0.3 is 31.7 Å². The van der Waals surface area contributed by atoms with Crippen LogP contribution in [0.5, 0.6) is 0 Å².